The molecule has 104 valence electrons. The molecule has 0 unspecified atom stereocenters. The Morgan fingerprint density at radius 3 is 2.52 bits per heavy atom. The van der Waals surface area contributed by atoms with E-state index in [9.17, 15) is 4.79 Å². The number of Topliss-reactive ketones (excluding diaryl/α,β-unsaturated/α-hetero) is 1. The van der Waals surface area contributed by atoms with Crippen LogP contribution in [-0.4, -0.2) is 10.8 Å². The van der Waals surface area contributed by atoms with Crippen LogP contribution in [0.1, 0.15) is 22.5 Å². The highest BCUT2D eigenvalue weighted by molar-refractivity contribution is 9.10. The van der Waals surface area contributed by atoms with E-state index in [2.05, 4.69) is 20.9 Å². The molecule has 0 saturated carbocycles. The number of halogens is 1. The second-order valence-corrected chi connectivity index (χ2v) is 5.77. The van der Waals surface area contributed by atoms with Crippen molar-refractivity contribution in [3.8, 4) is 0 Å². The zero-order valence-electron chi connectivity index (χ0n) is 11.4. The number of benzene rings is 2. The summed E-state index contributed by atoms with van der Waals surface area (Å²) >= 11 is 3.46. The Labute approximate surface area is 132 Å². The fraction of sp³-hybridized carbons (Fsp3) is 0.111. The molecule has 3 aromatic rings. The van der Waals surface area contributed by atoms with Crippen molar-refractivity contribution >= 4 is 32.6 Å². The number of aryl methyl sites for hydroxylation is 1. The maximum absolute atomic E-state index is 12.4. The smallest absolute Gasteiger partial charge is 0.182 e. The highest BCUT2D eigenvalue weighted by Crippen LogP contribution is 2.23. The Kier molecular flexibility index (Phi) is 4.11. The molecule has 0 amide bonds. The predicted octanol–water partition coefficient (Wildman–Crippen LogP) is 4.81. The number of nitrogens with zero attached hydrogens (tertiary/aromatic N) is 1. The lowest BCUT2D eigenvalue weighted by atomic mass is 10.1. The summed E-state index contributed by atoms with van der Waals surface area (Å²) in [6, 6.07) is 19.8. The molecule has 2 nitrogen and oxygen atoms in total. The van der Waals surface area contributed by atoms with Gasteiger partial charge in [0, 0.05) is 16.3 Å². The van der Waals surface area contributed by atoms with E-state index in [0.717, 1.165) is 21.8 Å². The monoisotopic (exact) mass is 339 g/mol. The molecule has 0 saturated heterocycles. The number of aromatic nitrogens is 1. The van der Waals surface area contributed by atoms with Crippen LogP contribution in [-0.2, 0) is 6.42 Å². The van der Waals surface area contributed by atoms with Crippen molar-refractivity contribution in [2.24, 2.45) is 0 Å². The number of pyridine rings is 1. The molecule has 0 aliphatic rings. The number of carbonyl (C=O) groups is 1. The van der Waals surface area contributed by atoms with E-state index in [1.54, 1.807) is 0 Å². The molecule has 3 rings (SSSR count). The van der Waals surface area contributed by atoms with Crippen molar-refractivity contribution in [2.45, 2.75) is 12.8 Å². The van der Waals surface area contributed by atoms with Gasteiger partial charge < -0.3 is 0 Å². The molecule has 21 heavy (non-hydrogen) atoms. The summed E-state index contributed by atoms with van der Waals surface area (Å²) in [7, 11) is 0. The fourth-order valence-electron chi connectivity index (χ4n) is 2.31. The van der Waals surface area contributed by atoms with Crippen LogP contribution in [0.15, 0.2) is 65.1 Å². The number of hydrogen-bond donors (Lipinski definition) is 0. The first-order chi connectivity index (χ1) is 10.2. The lowest BCUT2D eigenvalue weighted by Crippen LogP contribution is -2.05. The van der Waals surface area contributed by atoms with Crippen molar-refractivity contribution in [1.29, 1.82) is 0 Å². The Morgan fingerprint density at radius 2 is 1.71 bits per heavy atom. The van der Waals surface area contributed by atoms with Gasteiger partial charge in [-0.15, -0.1) is 0 Å². The quantitative estimate of drug-likeness (QED) is 0.638. The van der Waals surface area contributed by atoms with E-state index in [4.69, 9.17) is 0 Å². The average Bonchev–Trinajstić information content (AvgIpc) is 2.53. The minimum Gasteiger partial charge on any atom is -0.292 e. The van der Waals surface area contributed by atoms with Crippen LogP contribution in [0.4, 0.5) is 0 Å². The van der Waals surface area contributed by atoms with Crippen molar-refractivity contribution in [2.75, 3.05) is 0 Å². The van der Waals surface area contributed by atoms with Gasteiger partial charge in [-0.2, -0.15) is 0 Å². The van der Waals surface area contributed by atoms with Crippen LogP contribution < -0.4 is 0 Å². The van der Waals surface area contributed by atoms with Gasteiger partial charge >= 0.3 is 0 Å². The summed E-state index contributed by atoms with van der Waals surface area (Å²) in [5.41, 5.74) is 2.54. The normalized spacial score (nSPS) is 10.7. The first-order valence-corrected chi connectivity index (χ1v) is 7.66. The van der Waals surface area contributed by atoms with E-state index >= 15 is 0 Å². The van der Waals surface area contributed by atoms with Crippen molar-refractivity contribution in [3.05, 3.63) is 76.4 Å². The molecule has 0 bridgehead atoms. The Hall–Kier alpha value is -2.00. The molecule has 0 spiro atoms. The van der Waals surface area contributed by atoms with Crippen molar-refractivity contribution in [1.82, 2.24) is 4.98 Å². The third kappa shape index (κ3) is 3.19. The van der Waals surface area contributed by atoms with E-state index in [-0.39, 0.29) is 5.78 Å². The average molecular weight is 340 g/mol. The van der Waals surface area contributed by atoms with Gasteiger partial charge in [0.1, 0.15) is 5.69 Å². The third-order valence-corrected chi connectivity index (χ3v) is 4.03. The molecule has 0 aliphatic carbocycles. The van der Waals surface area contributed by atoms with Crippen molar-refractivity contribution in [3.63, 3.8) is 0 Å². The van der Waals surface area contributed by atoms with Gasteiger partial charge in [-0.05, 0) is 40.0 Å². The molecule has 0 N–H and O–H groups in total. The molecule has 1 aromatic heterocycles. The topological polar surface area (TPSA) is 30.0 Å². The van der Waals surface area contributed by atoms with Gasteiger partial charge in [-0.1, -0.05) is 48.5 Å². The maximum Gasteiger partial charge on any atom is 0.182 e. The first kappa shape index (κ1) is 14.0. The predicted molar refractivity (Wildman–Crippen MR) is 88.5 cm³/mol. The van der Waals surface area contributed by atoms with Crippen molar-refractivity contribution < 1.29 is 4.79 Å². The summed E-state index contributed by atoms with van der Waals surface area (Å²) in [6.45, 7) is 0. The summed E-state index contributed by atoms with van der Waals surface area (Å²) in [4.78, 5) is 16.9. The Balaban J connectivity index is 1.82. The van der Waals surface area contributed by atoms with Crippen LogP contribution in [0.5, 0.6) is 0 Å². The largest absolute Gasteiger partial charge is 0.292 e. The summed E-state index contributed by atoms with van der Waals surface area (Å²) in [5, 5.41) is 1.03. The molecule has 0 atom stereocenters. The Bertz CT molecular complexity index is 784. The number of carbonyl (C=O) groups excluding carboxylic acids is 1. The SMILES string of the molecule is O=C(CCc1ccccc1)c1nc2ccccc2cc1Br. The minimum atomic E-state index is 0.0662. The molecule has 1 heterocycles. The van der Waals surface area contributed by atoms with E-state index in [1.165, 1.54) is 5.56 Å². The highest BCUT2D eigenvalue weighted by Gasteiger charge is 2.13. The second kappa shape index (κ2) is 6.19. The zero-order chi connectivity index (χ0) is 14.7. The van der Waals surface area contributed by atoms with E-state index in [0.29, 0.717) is 12.1 Å². The van der Waals surface area contributed by atoms with Gasteiger partial charge in [0.25, 0.3) is 0 Å². The lowest BCUT2D eigenvalue weighted by Gasteiger charge is -2.06. The molecular weight excluding hydrogens is 326 g/mol. The van der Waals surface area contributed by atoms with Gasteiger partial charge in [0.2, 0.25) is 0 Å². The van der Waals surface area contributed by atoms with Gasteiger partial charge in [0.15, 0.2) is 5.78 Å². The fourth-order valence-corrected chi connectivity index (χ4v) is 2.86. The standard InChI is InChI=1S/C18H14BrNO/c19-15-12-14-8-4-5-9-16(14)20-18(15)17(21)11-10-13-6-2-1-3-7-13/h1-9,12H,10-11H2. The van der Waals surface area contributed by atoms with E-state index in [1.807, 2.05) is 60.7 Å². The van der Waals surface area contributed by atoms with Gasteiger partial charge in [0.05, 0.1) is 5.52 Å². The molecule has 0 aliphatic heterocycles. The molecule has 0 fully saturated rings. The number of hydrogen-bond acceptors (Lipinski definition) is 2. The van der Waals surface area contributed by atoms with Crippen LogP contribution in [0.25, 0.3) is 10.9 Å². The van der Waals surface area contributed by atoms with Gasteiger partial charge in [-0.25, -0.2) is 4.98 Å². The molecular formula is C18H14BrNO. The highest BCUT2D eigenvalue weighted by atomic mass is 79.9. The first-order valence-electron chi connectivity index (χ1n) is 6.86. The molecule has 0 radical (unpaired) electrons. The van der Waals surface area contributed by atoms with Crippen LogP contribution >= 0.6 is 15.9 Å². The van der Waals surface area contributed by atoms with Crippen LogP contribution in [0, 0.1) is 0 Å². The summed E-state index contributed by atoms with van der Waals surface area (Å²) in [6.07, 6.45) is 1.20. The number of fused-ring (bicyclic) bond motifs is 1. The number of ketones is 1. The Morgan fingerprint density at radius 1 is 1.00 bits per heavy atom. The van der Waals surface area contributed by atoms with Crippen LogP contribution in [0.3, 0.4) is 0 Å². The minimum absolute atomic E-state index is 0.0662. The second-order valence-electron chi connectivity index (χ2n) is 4.92. The van der Waals surface area contributed by atoms with Gasteiger partial charge in [-0.3, -0.25) is 4.79 Å². The molecule has 2 aromatic carbocycles. The lowest BCUT2D eigenvalue weighted by molar-refractivity contribution is 0.0977. The van der Waals surface area contributed by atoms with Crippen LogP contribution in [0.2, 0.25) is 0 Å². The zero-order valence-corrected chi connectivity index (χ0v) is 13.0. The maximum atomic E-state index is 12.4. The number of para-hydroxylation sites is 1. The number of rotatable bonds is 4. The van der Waals surface area contributed by atoms with E-state index < -0.39 is 0 Å². The third-order valence-electron chi connectivity index (χ3n) is 3.43. The summed E-state index contributed by atoms with van der Waals surface area (Å²) in [5.74, 6) is 0.0662. The summed E-state index contributed by atoms with van der Waals surface area (Å²) < 4.78 is 0.763. The molecule has 3 heteroatoms.